The molecule has 3 aromatic rings. The summed E-state index contributed by atoms with van der Waals surface area (Å²) in [4.78, 5) is 9.24. The molecule has 2 heterocycles. The molecular formula is C22H22N4O. The standard InChI is InChI=1S/C22H22N4O/c1-15-3-5-17(6-4-15)13-26-16(2)11-20(25-26)21-12-23-22(24-21)19-9-7-18(14-27)8-10-19/h3-11,27H,12-14H2,1-2H3. The van der Waals surface area contributed by atoms with Gasteiger partial charge in [0.05, 0.1) is 25.4 Å². The number of aliphatic imine (C=N–C) groups is 2. The van der Waals surface area contributed by atoms with Gasteiger partial charge in [-0.25, -0.2) is 4.99 Å². The van der Waals surface area contributed by atoms with Gasteiger partial charge >= 0.3 is 0 Å². The summed E-state index contributed by atoms with van der Waals surface area (Å²) < 4.78 is 2.01. The van der Waals surface area contributed by atoms with E-state index in [4.69, 9.17) is 10.2 Å². The number of aliphatic hydroxyl groups excluding tert-OH is 1. The van der Waals surface area contributed by atoms with Crippen LogP contribution < -0.4 is 0 Å². The van der Waals surface area contributed by atoms with E-state index in [-0.39, 0.29) is 6.61 Å². The summed E-state index contributed by atoms with van der Waals surface area (Å²) >= 11 is 0. The van der Waals surface area contributed by atoms with Crippen molar-refractivity contribution in [2.24, 2.45) is 9.98 Å². The Kier molecular flexibility index (Phi) is 4.69. The Morgan fingerprint density at radius 1 is 0.963 bits per heavy atom. The Morgan fingerprint density at radius 2 is 1.67 bits per heavy atom. The van der Waals surface area contributed by atoms with Crippen molar-refractivity contribution in [2.75, 3.05) is 6.54 Å². The molecule has 4 rings (SSSR count). The molecule has 0 radical (unpaired) electrons. The lowest BCUT2D eigenvalue weighted by Gasteiger charge is -2.05. The minimum absolute atomic E-state index is 0.0406. The highest BCUT2D eigenvalue weighted by Gasteiger charge is 2.17. The van der Waals surface area contributed by atoms with E-state index < -0.39 is 0 Å². The molecule has 0 atom stereocenters. The van der Waals surface area contributed by atoms with Crippen molar-refractivity contribution in [1.82, 2.24) is 9.78 Å². The van der Waals surface area contributed by atoms with Gasteiger partial charge in [-0.1, -0.05) is 54.1 Å². The van der Waals surface area contributed by atoms with Gasteiger partial charge in [0, 0.05) is 11.3 Å². The fraction of sp³-hybridized carbons (Fsp3) is 0.227. The molecule has 1 N–H and O–H groups in total. The third kappa shape index (κ3) is 3.73. The van der Waals surface area contributed by atoms with Crippen LogP contribution in [0.3, 0.4) is 0 Å². The normalized spacial score (nSPS) is 13.6. The molecule has 0 unspecified atom stereocenters. The van der Waals surface area contributed by atoms with Crippen molar-refractivity contribution in [3.63, 3.8) is 0 Å². The zero-order valence-electron chi connectivity index (χ0n) is 15.6. The molecule has 1 aliphatic rings. The highest BCUT2D eigenvalue weighted by atomic mass is 16.3. The van der Waals surface area contributed by atoms with Crippen LogP contribution in [0.1, 0.15) is 33.6 Å². The van der Waals surface area contributed by atoms with Gasteiger partial charge in [-0.05, 0) is 31.0 Å². The van der Waals surface area contributed by atoms with Crippen molar-refractivity contribution in [1.29, 1.82) is 0 Å². The van der Waals surface area contributed by atoms with Crippen LogP contribution in [0.15, 0.2) is 64.6 Å². The first-order valence-corrected chi connectivity index (χ1v) is 9.05. The third-order valence-electron chi connectivity index (χ3n) is 4.74. The lowest BCUT2D eigenvalue weighted by molar-refractivity contribution is 0.282. The fourth-order valence-corrected chi connectivity index (χ4v) is 3.08. The van der Waals surface area contributed by atoms with E-state index in [1.165, 1.54) is 11.1 Å². The number of nitrogens with zero attached hydrogens (tertiary/aromatic N) is 4. The van der Waals surface area contributed by atoms with Crippen molar-refractivity contribution in [2.45, 2.75) is 27.0 Å². The van der Waals surface area contributed by atoms with Crippen LogP contribution in [-0.4, -0.2) is 33.0 Å². The molecule has 136 valence electrons. The number of aryl methyl sites for hydroxylation is 2. The van der Waals surface area contributed by atoms with Crippen LogP contribution >= 0.6 is 0 Å². The molecule has 5 nitrogen and oxygen atoms in total. The quantitative estimate of drug-likeness (QED) is 0.761. The predicted molar refractivity (Wildman–Crippen MR) is 108 cm³/mol. The lowest BCUT2D eigenvalue weighted by atomic mass is 10.1. The zero-order valence-corrected chi connectivity index (χ0v) is 15.6. The van der Waals surface area contributed by atoms with Gasteiger partial charge in [-0.2, -0.15) is 5.10 Å². The number of amidine groups is 1. The maximum atomic E-state index is 9.16. The van der Waals surface area contributed by atoms with E-state index in [0.717, 1.165) is 40.6 Å². The first-order valence-electron chi connectivity index (χ1n) is 9.05. The van der Waals surface area contributed by atoms with Crippen LogP contribution in [0.4, 0.5) is 0 Å². The van der Waals surface area contributed by atoms with E-state index in [0.29, 0.717) is 6.54 Å². The molecule has 2 aromatic carbocycles. The minimum Gasteiger partial charge on any atom is -0.392 e. The van der Waals surface area contributed by atoms with Gasteiger partial charge in [0.15, 0.2) is 5.84 Å². The number of aromatic nitrogens is 2. The summed E-state index contributed by atoms with van der Waals surface area (Å²) in [6.07, 6.45) is 0. The van der Waals surface area contributed by atoms with Crippen LogP contribution in [0.2, 0.25) is 0 Å². The maximum absolute atomic E-state index is 9.16. The molecule has 0 amide bonds. The Labute approximate surface area is 158 Å². The molecule has 1 aromatic heterocycles. The fourth-order valence-electron chi connectivity index (χ4n) is 3.08. The van der Waals surface area contributed by atoms with Crippen LogP contribution in [0, 0.1) is 13.8 Å². The zero-order chi connectivity index (χ0) is 18.8. The van der Waals surface area contributed by atoms with Crippen LogP contribution in [0.25, 0.3) is 0 Å². The summed E-state index contributed by atoms with van der Waals surface area (Å²) in [7, 11) is 0. The molecule has 0 saturated carbocycles. The molecule has 0 fully saturated rings. The third-order valence-corrected chi connectivity index (χ3v) is 4.74. The average molecular weight is 358 g/mol. The highest BCUT2D eigenvalue weighted by molar-refractivity contribution is 6.16. The largest absolute Gasteiger partial charge is 0.392 e. The van der Waals surface area contributed by atoms with E-state index >= 15 is 0 Å². The summed E-state index contributed by atoms with van der Waals surface area (Å²) in [6.45, 7) is 5.48. The molecule has 0 aliphatic carbocycles. The monoisotopic (exact) mass is 358 g/mol. The van der Waals surface area contributed by atoms with E-state index in [9.17, 15) is 0 Å². The number of hydrogen-bond donors (Lipinski definition) is 1. The minimum atomic E-state index is 0.0406. The average Bonchev–Trinajstić information content (AvgIpc) is 3.31. The molecule has 27 heavy (non-hydrogen) atoms. The number of hydrogen-bond acceptors (Lipinski definition) is 4. The molecule has 0 saturated heterocycles. The van der Waals surface area contributed by atoms with Crippen LogP contribution in [0.5, 0.6) is 0 Å². The number of aliphatic hydroxyl groups is 1. The van der Waals surface area contributed by atoms with Crippen molar-refractivity contribution in [3.05, 3.63) is 88.2 Å². The molecule has 5 heteroatoms. The van der Waals surface area contributed by atoms with Gasteiger partial charge in [0.2, 0.25) is 0 Å². The van der Waals surface area contributed by atoms with Crippen molar-refractivity contribution in [3.8, 4) is 0 Å². The predicted octanol–water partition coefficient (Wildman–Crippen LogP) is 3.29. The van der Waals surface area contributed by atoms with Crippen molar-refractivity contribution < 1.29 is 5.11 Å². The second-order valence-electron chi connectivity index (χ2n) is 6.87. The van der Waals surface area contributed by atoms with Crippen molar-refractivity contribution >= 4 is 11.5 Å². The summed E-state index contributed by atoms with van der Waals surface area (Å²) in [6, 6.07) is 18.3. The van der Waals surface area contributed by atoms with Gasteiger partial charge in [0.1, 0.15) is 5.69 Å². The lowest BCUT2D eigenvalue weighted by Crippen LogP contribution is -2.07. The van der Waals surface area contributed by atoms with Crippen LogP contribution in [-0.2, 0) is 13.2 Å². The smallest absolute Gasteiger partial charge is 0.155 e. The van der Waals surface area contributed by atoms with E-state index in [1.807, 2.05) is 28.9 Å². The maximum Gasteiger partial charge on any atom is 0.155 e. The molecule has 1 aliphatic heterocycles. The summed E-state index contributed by atoms with van der Waals surface area (Å²) in [5, 5.41) is 13.9. The second-order valence-corrected chi connectivity index (χ2v) is 6.87. The highest BCUT2D eigenvalue weighted by Crippen LogP contribution is 2.15. The number of benzene rings is 2. The van der Waals surface area contributed by atoms with E-state index in [1.54, 1.807) is 0 Å². The number of rotatable bonds is 5. The first-order chi connectivity index (χ1) is 13.1. The van der Waals surface area contributed by atoms with Gasteiger partial charge in [-0.3, -0.25) is 9.67 Å². The summed E-state index contributed by atoms with van der Waals surface area (Å²) in [5.74, 6) is 0.722. The van der Waals surface area contributed by atoms with E-state index in [2.05, 4.69) is 54.2 Å². The molecular weight excluding hydrogens is 336 g/mol. The Bertz CT molecular complexity index is 1010. The van der Waals surface area contributed by atoms with Gasteiger partial charge in [-0.15, -0.1) is 0 Å². The Hall–Kier alpha value is -3.05. The SMILES string of the molecule is Cc1ccc(Cn2nc(C3=NC(c4ccc(CO)cc4)=NC3)cc2C)cc1. The van der Waals surface area contributed by atoms with Gasteiger partial charge < -0.3 is 5.11 Å². The topological polar surface area (TPSA) is 62.8 Å². The molecule has 0 bridgehead atoms. The second kappa shape index (κ2) is 7.29. The Balaban J connectivity index is 1.53. The summed E-state index contributed by atoms with van der Waals surface area (Å²) in [5.41, 5.74) is 7.20. The molecule has 0 spiro atoms. The van der Waals surface area contributed by atoms with Gasteiger partial charge in [0.25, 0.3) is 0 Å². The first kappa shape index (κ1) is 17.4. The Morgan fingerprint density at radius 3 is 2.37 bits per heavy atom.